The van der Waals surface area contributed by atoms with Crippen molar-refractivity contribution in [1.29, 1.82) is 0 Å². The molecule has 0 aliphatic heterocycles. The fourth-order valence-corrected chi connectivity index (χ4v) is 2.37. The summed E-state index contributed by atoms with van der Waals surface area (Å²) in [7, 11) is 1.58. The Morgan fingerprint density at radius 3 is 2.14 bits per heavy atom. The molecule has 21 heavy (non-hydrogen) atoms. The van der Waals surface area contributed by atoms with Crippen LogP contribution >= 0.6 is 0 Å². The molecule has 0 radical (unpaired) electrons. The van der Waals surface area contributed by atoms with Crippen LogP contribution in [0.2, 0.25) is 0 Å². The van der Waals surface area contributed by atoms with E-state index in [1.165, 1.54) is 0 Å². The van der Waals surface area contributed by atoms with Crippen molar-refractivity contribution in [3.05, 3.63) is 54.6 Å². The van der Waals surface area contributed by atoms with Gasteiger partial charge in [0.1, 0.15) is 29.5 Å². The van der Waals surface area contributed by atoms with Crippen LogP contribution in [-0.4, -0.2) is 30.5 Å². The van der Waals surface area contributed by atoms with E-state index in [1.807, 2.05) is 54.6 Å². The van der Waals surface area contributed by atoms with Gasteiger partial charge in [0.25, 0.3) is 0 Å². The molecule has 0 spiro atoms. The number of methoxy groups -OCH3 is 1. The molecule has 0 amide bonds. The number of para-hydroxylation sites is 1. The number of aliphatic hydroxyl groups is 1. The van der Waals surface area contributed by atoms with Gasteiger partial charge in [-0.05, 0) is 36.4 Å². The van der Waals surface area contributed by atoms with Crippen molar-refractivity contribution in [3.63, 3.8) is 0 Å². The third-order valence-electron chi connectivity index (χ3n) is 3.58. The summed E-state index contributed by atoms with van der Waals surface area (Å²) in [5, 5.41) is 9.54. The Kier molecular flexibility index (Phi) is 4.08. The minimum Gasteiger partial charge on any atom is -0.488 e. The topological polar surface area (TPSA) is 47.9 Å². The van der Waals surface area contributed by atoms with Crippen LogP contribution in [0.1, 0.15) is 6.42 Å². The second-order valence-corrected chi connectivity index (χ2v) is 5.05. The second kappa shape index (κ2) is 6.16. The molecule has 0 heterocycles. The minimum absolute atomic E-state index is 0.0918. The van der Waals surface area contributed by atoms with Gasteiger partial charge in [0.2, 0.25) is 0 Å². The van der Waals surface area contributed by atoms with Crippen LogP contribution in [-0.2, 0) is 4.74 Å². The molecule has 1 saturated carbocycles. The van der Waals surface area contributed by atoms with Gasteiger partial charge in [-0.2, -0.15) is 0 Å². The van der Waals surface area contributed by atoms with Crippen molar-refractivity contribution in [1.82, 2.24) is 0 Å². The quantitative estimate of drug-likeness (QED) is 0.918. The summed E-state index contributed by atoms with van der Waals surface area (Å²) < 4.78 is 16.7. The molecular weight excluding hydrogens is 268 g/mol. The average Bonchev–Trinajstić information content (AvgIpc) is 2.50. The molecule has 0 saturated heterocycles. The second-order valence-electron chi connectivity index (χ2n) is 5.05. The fourth-order valence-electron chi connectivity index (χ4n) is 2.37. The van der Waals surface area contributed by atoms with Gasteiger partial charge in [-0.3, -0.25) is 0 Å². The Morgan fingerprint density at radius 1 is 0.905 bits per heavy atom. The van der Waals surface area contributed by atoms with Crippen LogP contribution in [0.3, 0.4) is 0 Å². The van der Waals surface area contributed by atoms with E-state index in [0.29, 0.717) is 6.42 Å². The summed E-state index contributed by atoms with van der Waals surface area (Å²) >= 11 is 0. The highest BCUT2D eigenvalue weighted by Crippen LogP contribution is 2.30. The molecular formula is C17H18O4. The predicted molar refractivity (Wildman–Crippen MR) is 78.8 cm³/mol. The molecule has 3 rings (SSSR count). The number of benzene rings is 2. The normalized spacial score (nSPS) is 24.2. The maximum Gasteiger partial charge on any atom is 0.130 e. The standard InChI is InChI=1S/C17H18O4/c1-19-17-15(18)11-16(17)21-14-9-7-13(8-10-14)20-12-5-3-2-4-6-12/h2-10,15-18H,11H2,1H3. The largest absolute Gasteiger partial charge is 0.488 e. The van der Waals surface area contributed by atoms with Crippen molar-refractivity contribution < 1.29 is 19.3 Å². The van der Waals surface area contributed by atoms with Crippen LogP contribution in [0.15, 0.2) is 54.6 Å². The average molecular weight is 286 g/mol. The lowest BCUT2D eigenvalue weighted by molar-refractivity contribution is -0.149. The van der Waals surface area contributed by atoms with Crippen LogP contribution in [0.4, 0.5) is 0 Å². The van der Waals surface area contributed by atoms with Crippen LogP contribution in [0, 0.1) is 0 Å². The van der Waals surface area contributed by atoms with E-state index in [9.17, 15) is 5.11 Å². The van der Waals surface area contributed by atoms with Gasteiger partial charge in [0.15, 0.2) is 0 Å². The molecule has 4 heteroatoms. The highest BCUT2D eigenvalue weighted by Gasteiger charge is 2.42. The summed E-state index contributed by atoms with van der Waals surface area (Å²) in [6.07, 6.45) is -0.169. The van der Waals surface area contributed by atoms with E-state index < -0.39 is 6.10 Å². The number of aliphatic hydroxyl groups excluding tert-OH is 1. The van der Waals surface area contributed by atoms with E-state index in [0.717, 1.165) is 17.2 Å². The zero-order chi connectivity index (χ0) is 14.7. The van der Waals surface area contributed by atoms with Crippen molar-refractivity contribution in [2.24, 2.45) is 0 Å². The van der Waals surface area contributed by atoms with Gasteiger partial charge in [-0.25, -0.2) is 0 Å². The number of ether oxygens (including phenoxy) is 3. The summed E-state index contributed by atoms with van der Waals surface area (Å²) in [6, 6.07) is 17.1. The molecule has 1 aliphatic carbocycles. The third kappa shape index (κ3) is 3.17. The van der Waals surface area contributed by atoms with Gasteiger partial charge < -0.3 is 19.3 Å². The van der Waals surface area contributed by atoms with Crippen LogP contribution in [0.5, 0.6) is 17.2 Å². The first-order valence-electron chi connectivity index (χ1n) is 6.97. The molecule has 0 aromatic heterocycles. The van der Waals surface area contributed by atoms with E-state index >= 15 is 0 Å². The molecule has 1 N–H and O–H groups in total. The number of hydrogen-bond acceptors (Lipinski definition) is 4. The van der Waals surface area contributed by atoms with Gasteiger partial charge in [0, 0.05) is 13.5 Å². The lowest BCUT2D eigenvalue weighted by Crippen LogP contribution is -2.54. The molecule has 4 nitrogen and oxygen atoms in total. The first kappa shape index (κ1) is 13.9. The van der Waals surface area contributed by atoms with Gasteiger partial charge in [-0.1, -0.05) is 18.2 Å². The zero-order valence-corrected chi connectivity index (χ0v) is 11.8. The van der Waals surface area contributed by atoms with Crippen molar-refractivity contribution in [2.75, 3.05) is 7.11 Å². The molecule has 0 bridgehead atoms. The Hall–Kier alpha value is -2.04. The molecule has 3 atom stereocenters. The van der Waals surface area contributed by atoms with E-state index in [2.05, 4.69) is 0 Å². The smallest absolute Gasteiger partial charge is 0.130 e. The van der Waals surface area contributed by atoms with E-state index in [4.69, 9.17) is 14.2 Å². The van der Waals surface area contributed by atoms with Gasteiger partial charge >= 0.3 is 0 Å². The Bertz CT molecular complexity index is 567. The van der Waals surface area contributed by atoms with Crippen LogP contribution < -0.4 is 9.47 Å². The van der Waals surface area contributed by atoms with E-state index in [1.54, 1.807) is 7.11 Å². The molecule has 1 fully saturated rings. The Morgan fingerprint density at radius 2 is 1.52 bits per heavy atom. The minimum atomic E-state index is -0.430. The van der Waals surface area contributed by atoms with Crippen molar-refractivity contribution in [3.8, 4) is 17.2 Å². The van der Waals surface area contributed by atoms with Gasteiger partial charge in [-0.15, -0.1) is 0 Å². The Balaban J connectivity index is 1.60. The van der Waals surface area contributed by atoms with E-state index in [-0.39, 0.29) is 12.2 Å². The Labute approximate surface area is 123 Å². The summed E-state index contributed by atoms with van der Waals surface area (Å²) in [5.41, 5.74) is 0. The fraction of sp³-hybridized carbons (Fsp3) is 0.294. The third-order valence-corrected chi connectivity index (χ3v) is 3.58. The van der Waals surface area contributed by atoms with Gasteiger partial charge in [0.05, 0.1) is 6.10 Å². The first-order chi connectivity index (χ1) is 10.3. The molecule has 110 valence electrons. The monoisotopic (exact) mass is 286 g/mol. The molecule has 2 aromatic carbocycles. The maximum absolute atomic E-state index is 9.54. The molecule has 3 unspecified atom stereocenters. The number of hydrogen-bond donors (Lipinski definition) is 1. The zero-order valence-electron chi connectivity index (χ0n) is 11.8. The maximum atomic E-state index is 9.54. The highest BCUT2D eigenvalue weighted by atomic mass is 16.6. The lowest BCUT2D eigenvalue weighted by Gasteiger charge is -2.39. The first-order valence-corrected chi connectivity index (χ1v) is 6.97. The van der Waals surface area contributed by atoms with Crippen molar-refractivity contribution >= 4 is 0 Å². The predicted octanol–water partition coefficient (Wildman–Crippen LogP) is 3.01. The summed E-state index contributed by atoms with van der Waals surface area (Å²) in [5.74, 6) is 2.30. The highest BCUT2D eigenvalue weighted by molar-refractivity contribution is 5.35. The number of rotatable bonds is 5. The summed E-state index contributed by atoms with van der Waals surface area (Å²) in [4.78, 5) is 0. The van der Waals surface area contributed by atoms with Crippen molar-refractivity contribution in [2.45, 2.75) is 24.7 Å². The summed E-state index contributed by atoms with van der Waals surface area (Å²) in [6.45, 7) is 0. The molecule has 1 aliphatic rings. The van der Waals surface area contributed by atoms with Crippen LogP contribution in [0.25, 0.3) is 0 Å². The SMILES string of the molecule is COC1C(O)CC1Oc1ccc(Oc2ccccc2)cc1. The lowest BCUT2D eigenvalue weighted by atomic mass is 9.88. The molecule has 2 aromatic rings.